The van der Waals surface area contributed by atoms with Gasteiger partial charge in [-0.2, -0.15) is 0 Å². The van der Waals surface area contributed by atoms with E-state index in [1.165, 1.54) is 6.07 Å². The van der Waals surface area contributed by atoms with Crippen molar-refractivity contribution in [3.63, 3.8) is 0 Å². The highest BCUT2D eigenvalue weighted by Crippen LogP contribution is 2.29. The molecule has 2 N–H and O–H groups in total. The Balaban J connectivity index is 2.29. The molecule has 1 aromatic carbocycles. The van der Waals surface area contributed by atoms with Gasteiger partial charge in [0.1, 0.15) is 18.2 Å². The SMILES string of the molecule is CC(C)c1cc(S(N)(=O)=O)ccc1OCc1nccn1C. The summed E-state index contributed by atoms with van der Waals surface area (Å²) in [5.41, 5.74) is 0.802. The molecule has 0 amide bonds. The first-order valence-corrected chi connectivity index (χ1v) is 8.09. The van der Waals surface area contributed by atoms with Crippen LogP contribution in [0.2, 0.25) is 0 Å². The molecule has 2 rings (SSSR count). The molecule has 0 spiro atoms. The fourth-order valence-electron chi connectivity index (χ4n) is 1.96. The van der Waals surface area contributed by atoms with Crippen molar-refractivity contribution in [2.24, 2.45) is 12.2 Å². The van der Waals surface area contributed by atoms with Crippen molar-refractivity contribution in [2.75, 3.05) is 0 Å². The fraction of sp³-hybridized carbons (Fsp3) is 0.357. The molecule has 6 nitrogen and oxygen atoms in total. The zero-order chi connectivity index (χ0) is 15.6. The van der Waals surface area contributed by atoms with Crippen LogP contribution in [-0.2, 0) is 23.7 Å². The number of sulfonamides is 1. The molecular weight excluding hydrogens is 290 g/mol. The molecule has 21 heavy (non-hydrogen) atoms. The van der Waals surface area contributed by atoms with Crippen LogP contribution in [0.4, 0.5) is 0 Å². The van der Waals surface area contributed by atoms with E-state index in [9.17, 15) is 8.42 Å². The lowest BCUT2D eigenvalue weighted by atomic mass is 10.0. The van der Waals surface area contributed by atoms with Gasteiger partial charge in [0.2, 0.25) is 10.0 Å². The number of primary sulfonamides is 1. The summed E-state index contributed by atoms with van der Waals surface area (Å²) in [6.45, 7) is 4.25. The van der Waals surface area contributed by atoms with Crippen LogP contribution in [0.3, 0.4) is 0 Å². The number of ether oxygens (including phenoxy) is 1. The number of rotatable bonds is 5. The zero-order valence-electron chi connectivity index (χ0n) is 12.3. The average Bonchev–Trinajstić information content (AvgIpc) is 2.80. The number of benzene rings is 1. The number of nitrogens with zero attached hydrogens (tertiary/aromatic N) is 2. The smallest absolute Gasteiger partial charge is 0.238 e. The first-order chi connectivity index (χ1) is 9.79. The van der Waals surface area contributed by atoms with E-state index in [1.807, 2.05) is 31.7 Å². The summed E-state index contributed by atoms with van der Waals surface area (Å²) in [7, 11) is -1.82. The Bertz CT molecular complexity index is 736. The van der Waals surface area contributed by atoms with Gasteiger partial charge >= 0.3 is 0 Å². The highest BCUT2D eigenvalue weighted by Gasteiger charge is 2.15. The minimum Gasteiger partial charge on any atom is -0.485 e. The molecule has 1 heterocycles. The van der Waals surface area contributed by atoms with Crippen LogP contribution < -0.4 is 9.88 Å². The molecule has 0 aliphatic carbocycles. The third-order valence-corrected chi connectivity index (χ3v) is 4.12. The Kier molecular flexibility index (Phi) is 4.34. The Morgan fingerprint density at radius 2 is 2.10 bits per heavy atom. The Morgan fingerprint density at radius 3 is 2.62 bits per heavy atom. The van der Waals surface area contributed by atoms with Gasteiger partial charge in [0, 0.05) is 19.4 Å². The summed E-state index contributed by atoms with van der Waals surface area (Å²) in [5.74, 6) is 1.55. The second-order valence-electron chi connectivity index (χ2n) is 5.14. The van der Waals surface area contributed by atoms with Gasteiger partial charge < -0.3 is 9.30 Å². The van der Waals surface area contributed by atoms with Gasteiger partial charge in [0.05, 0.1) is 4.90 Å². The fourth-order valence-corrected chi connectivity index (χ4v) is 2.51. The van der Waals surface area contributed by atoms with Gasteiger partial charge in [-0.3, -0.25) is 0 Å². The van der Waals surface area contributed by atoms with E-state index in [0.717, 1.165) is 11.4 Å². The lowest BCUT2D eigenvalue weighted by molar-refractivity contribution is 0.287. The molecule has 0 saturated heterocycles. The third-order valence-electron chi connectivity index (χ3n) is 3.21. The first-order valence-electron chi connectivity index (χ1n) is 6.55. The minimum atomic E-state index is -3.71. The molecule has 0 fully saturated rings. The molecule has 1 aromatic heterocycles. The second-order valence-corrected chi connectivity index (χ2v) is 6.70. The average molecular weight is 309 g/mol. The van der Waals surface area contributed by atoms with Crippen molar-refractivity contribution in [2.45, 2.75) is 31.3 Å². The van der Waals surface area contributed by atoms with E-state index in [2.05, 4.69) is 4.98 Å². The molecule has 114 valence electrons. The van der Waals surface area contributed by atoms with E-state index in [4.69, 9.17) is 9.88 Å². The van der Waals surface area contributed by atoms with Crippen molar-refractivity contribution in [1.29, 1.82) is 0 Å². The monoisotopic (exact) mass is 309 g/mol. The summed E-state index contributed by atoms with van der Waals surface area (Å²) < 4.78 is 30.5. The molecule has 2 aromatic rings. The highest BCUT2D eigenvalue weighted by atomic mass is 32.2. The Labute approximate surface area is 124 Å². The van der Waals surface area contributed by atoms with Gasteiger partial charge in [-0.05, 0) is 29.7 Å². The Hall–Kier alpha value is -1.86. The van der Waals surface area contributed by atoms with Gasteiger partial charge in [-0.1, -0.05) is 13.8 Å². The summed E-state index contributed by atoms with van der Waals surface area (Å²) in [6, 6.07) is 4.65. The number of hydrogen-bond donors (Lipinski definition) is 1. The minimum absolute atomic E-state index is 0.0931. The first kappa shape index (κ1) is 15.5. The second kappa shape index (κ2) is 5.87. The number of hydrogen-bond acceptors (Lipinski definition) is 4. The molecular formula is C14H19N3O3S. The van der Waals surface area contributed by atoms with Gasteiger partial charge in [0.15, 0.2) is 0 Å². The lowest BCUT2D eigenvalue weighted by Gasteiger charge is -2.15. The third kappa shape index (κ3) is 3.62. The number of imidazole rings is 1. The topological polar surface area (TPSA) is 87.2 Å². The summed E-state index contributed by atoms with van der Waals surface area (Å²) >= 11 is 0. The lowest BCUT2D eigenvalue weighted by Crippen LogP contribution is -2.13. The predicted molar refractivity (Wildman–Crippen MR) is 79.4 cm³/mol. The van der Waals surface area contributed by atoms with Crippen molar-refractivity contribution in [3.8, 4) is 5.75 Å². The number of nitrogens with two attached hydrogens (primary N) is 1. The maximum Gasteiger partial charge on any atom is 0.238 e. The summed E-state index contributed by atoms with van der Waals surface area (Å²) in [5, 5.41) is 5.16. The maximum absolute atomic E-state index is 11.4. The van der Waals surface area contributed by atoms with Gasteiger partial charge in [-0.25, -0.2) is 18.5 Å². The maximum atomic E-state index is 11.4. The van der Waals surface area contributed by atoms with E-state index in [1.54, 1.807) is 18.3 Å². The number of aromatic nitrogens is 2. The van der Waals surface area contributed by atoms with Crippen LogP contribution in [0, 0.1) is 0 Å². The number of aryl methyl sites for hydroxylation is 1. The van der Waals surface area contributed by atoms with Crippen molar-refractivity contribution in [3.05, 3.63) is 42.0 Å². The summed E-state index contributed by atoms with van der Waals surface area (Å²) in [6.07, 6.45) is 3.54. The molecule has 0 bridgehead atoms. The van der Waals surface area contributed by atoms with E-state index >= 15 is 0 Å². The van der Waals surface area contributed by atoms with Crippen LogP contribution in [0.5, 0.6) is 5.75 Å². The van der Waals surface area contributed by atoms with Crippen LogP contribution >= 0.6 is 0 Å². The standard InChI is InChI=1S/C14H19N3O3S/c1-10(2)12-8-11(21(15,18)19)4-5-13(12)20-9-14-16-6-7-17(14)3/h4-8,10H,9H2,1-3H3,(H2,15,18,19). The molecule has 0 aliphatic rings. The van der Waals surface area contributed by atoms with E-state index < -0.39 is 10.0 Å². The van der Waals surface area contributed by atoms with E-state index in [0.29, 0.717) is 12.4 Å². The van der Waals surface area contributed by atoms with Crippen molar-refractivity contribution >= 4 is 10.0 Å². The molecule has 0 aliphatic heterocycles. The van der Waals surface area contributed by atoms with Crippen LogP contribution in [0.25, 0.3) is 0 Å². The van der Waals surface area contributed by atoms with Crippen molar-refractivity contribution in [1.82, 2.24) is 9.55 Å². The quantitative estimate of drug-likeness (QED) is 0.912. The van der Waals surface area contributed by atoms with Crippen LogP contribution in [-0.4, -0.2) is 18.0 Å². The van der Waals surface area contributed by atoms with Gasteiger partial charge in [-0.15, -0.1) is 0 Å². The molecule has 0 unspecified atom stereocenters. The molecule has 7 heteroatoms. The van der Waals surface area contributed by atoms with E-state index in [-0.39, 0.29) is 10.8 Å². The largest absolute Gasteiger partial charge is 0.485 e. The van der Waals surface area contributed by atoms with Gasteiger partial charge in [0.25, 0.3) is 0 Å². The molecule has 0 atom stereocenters. The molecule has 0 saturated carbocycles. The highest BCUT2D eigenvalue weighted by molar-refractivity contribution is 7.89. The Morgan fingerprint density at radius 1 is 1.38 bits per heavy atom. The molecule has 0 radical (unpaired) electrons. The zero-order valence-corrected chi connectivity index (χ0v) is 13.1. The normalized spacial score (nSPS) is 11.9. The summed E-state index contributed by atoms with van der Waals surface area (Å²) in [4.78, 5) is 4.28. The predicted octanol–water partition coefficient (Wildman–Crippen LogP) is 1.77. The van der Waals surface area contributed by atoms with Crippen LogP contribution in [0.15, 0.2) is 35.5 Å². The van der Waals surface area contributed by atoms with Crippen molar-refractivity contribution < 1.29 is 13.2 Å². The van der Waals surface area contributed by atoms with Crippen LogP contribution in [0.1, 0.15) is 31.2 Å².